The van der Waals surface area contributed by atoms with Gasteiger partial charge in [0.2, 0.25) is 0 Å². The second-order valence-corrected chi connectivity index (χ2v) is 8.64. The minimum Gasteiger partial charge on any atom is -0.461 e. The van der Waals surface area contributed by atoms with E-state index in [-0.39, 0.29) is 16.1 Å². The molecule has 0 radical (unpaired) electrons. The SMILES string of the molecule is CC1(COC(=O)c2cccc(CS(=O)(=O)c3ccccc3)c2)COC1. The van der Waals surface area contributed by atoms with E-state index in [2.05, 4.69) is 0 Å². The van der Waals surface area contributed by atoms with Crippen LogP contribution in [-0.4, -0.2) is 34.2 Å². The van der Waals surface area contributed by atoms with Crippen molar-refractivity contribution >= 4 is 15.8 Å². The summed E-state index contributed by atoms with van der Waals surface area (Å²) < 4.78 is 35.4. The van der Waals surface area contributed by atoms with Gasteiger partial charge in [0.05, 0.1) is 29.4 Å². The molecule has 0 spiro atoms. The second-order valence-electron chi connectivity index (χ2n) is 6.65. The smallest absolute Gasteiger partial charge is 0.338 e. The first kappa shape index (κ1) is 17.6. The van der Waals surface area contributed by atoms with Crippen LogP contribution in [0.2, 0.25) is 0 Å². The molecule has 0 aromatic heterocycles. The molecule has 6 heteroatoms. The van der Waals surface area contributed by atoms with E-state index < -0.39 is 15.8 Å². The molecule has 2 aromatic rings. The lowest BCUT2D eigenvalue weighted by molar-refractivity contribution is -0.127. The molecule has 25 heavy (non-hydrogen) atoms. The highest BCUT2D eigenvalue weighted by molar-refractivity contribution is 7.90. The first-order valence-electron chi connectivity index (χ1n) is 8.00. The average molecular weight is 360 g/mol. The standard InChI is InChI=1S/C19H20O5S/c1-19(12-23-13-19)14-24-18(20)16-7-5-6-15(10-16)11-25(21,22)17-8-3-2-4-9-17/h2-10H,11-14H2,1H3. The fourth-order valence-electron chi connectivity index (χ4n) is 2.58. The number of ether oxygens (including phenoxy) is 2. The second kappa shape index (κ2) is 6.98. The number of hydrogen-bond donors (Lipinski definition) is 0. The fraction of sp³-hybridized carbons (Fsp3) is 0.316. The van der Waals surface area contributed by atoms with Gasteiger partial charge in [-0.05, 0) is 29.8 Å². The molecule has 0 bridgehead atoms. The molecule has 1 fully saturated rings. The van der Waals surface area contributed by atoms with Crippen molar-refractivity contribution in [3.05, 3.63) is 65.7 Å². The van der Waals surface area contributed by atoms with Crippen molar-refractivity contribution in [1.82, 2.24) is 0 Å². The largest absolute Gasteiger partial charge is 0.461 e. The Morgan fingerprint density at radius 2 is 1.84 bits per heavy atom. The van der Waals surface area contributed by atoms with Crippen molar-refractivity contribution in [2.24, 2.45) is 5.41 Å². The molecule has 1 heterocycles. The highest BCUT2D eigenvalue weighted by atomic mass is 32.2. The summed E-state index contributed by atoms with van der Waals surface area (Å²) in [5, 5.41) is 0. The summed E-state index contributed by atoms with van der Waals surface area (Å²) in [6, 6.07) is 14.8. The molecule has 1 saturated heterocycles. The minimum atomic E-state index is -3.45. The van der Waals surface area contributed by atoms with E-state index in [0.717, 1.165) is 0 Å². The Labute approximate surface area is 147 Å². The lowest BCUT2D eigenvalue weighted by Gasteiger charge is -2.37. The van der Waals surface area contributed by atoms with Gasteiger partial charge in [0, 0.05) is 5.41 Å². The molecule has 3 rings (SSSR count). The van der Waals surface area contributed by atoms with E-state index in [1.54, 1.807) is 54.6 Å². The normalized spacial score (nSPS) is 16.0. The van der Waals surface area contributed by atoms with Crippen LogP contribution in [0.15, 0.2) is 59.5 Å². The topological polar surface area (TPSA) is 69.7 Å². The van der Waals surface area contributed by atoms with Gasteiger partial charge in [-0.1, -0.05) is 37.3 Å². The highest BCUT2D eigenvalue weighted by Gasteiger charge is 2.35. The van der Waals surface area contributed by atoms with Gasteiger partial charge in [0.15, 0.2) is 9.84 Å². The lowest BCUT2D eigenvalue weighted by atomic mass is 9.90. The van der Waals surface area contributed by atoms with Gasteiger partial charge in [-0.25, -0.2) is 13.2 Å². The van der Waals surface area contributed by atoms with Crippen LogP contribution in [0.1, 0.15) is 22.8 Å². The molecule has 0 N–H and O–H groups in total. The molecule has 0 unspecified atom stereocenters. The molecule has 0 aliphatic carbocycles. The van der Waals surface area contributed by atoms with Crippen molar-refractivity contribution in [3.63, 3.8) is 0 Å². The van der Waals surface area contributed by atoms with E-state index in [1.165, 1.54) is 0 Å². The van der Waals surface area contributed by atoms with E-state index in [4.69, 9.17) is 9.47 Å². The minimum absolute atomic E-state index is 0.121. The van der Waals surface area contributed by atoms with Crippen LogP contribution in [0, 0.1) is 5.41 Å². The quantitative estimate of drug-likeness (QED) is 0.741. The number of esters is 1. The zero-order chi connectivity index (χ0) is 17.9. The van der Waals surface area contributed by atoms with Gasteiger partial charge < -0.3 is 9.47 Å². The Kier molecular flexibility index (Phi) is 4.92. The number of sulfone groups is 1. The molecule has 0 saturated carbocycles. The summed E-state index contributed by atoms with van der Waals surface area (Å²) in [7, 11) is -3.45. The summed E-state index contributed by atoms with van der Waals surface area (Å²) in [4.78, 5) is 12.5. The van der Waals surface area contributed by atoms with Crippen LogP contribution in [0.3, 0.4) is 0 Å². The van der Waals surface area contributed by atoms with E-state index in [0.29, 0.717) is 30.9 Å². The molecular formula is C19H20O5S. The van der Waals surface area contributed by atoms with Crippen LogP contribution in [0.25, 0.3) is 0 Å². The Hall–Kier alpha value is -2.18. The Morgan fingerprint density at radius 3 is 2.48 bits per heavy atom. The maximum atomic E-state index is 12.5. The zero-order valence-electron chi connectivity index (χ0n) is 14.0. The Morgan fingerprint density at radius 1 is 1.12 bits per heavy atom. The van der Waals surface area contributed by atoms with Crippen LogP contribution in [0.4, 0.5) is 0 Å². The predicted octanol–water partition coefficient (Wildman–Crippen LogP) is 2.85. The van der Waals surface area contributed by atoms with Crippen LogP contribution in [-0.2, 0) is 25.1 Å². The van der Waals surface area contributed by atoms with Gasteiger partial charge in [-0.15, -0.1) is 0 Å². The third kappa shape index (κ3) is 4.27. The van der Waals surface area contributed by atoms with E-state index in [9.17, 15) is 13.2 Å². The summed E-state index contributed by atoms with van der Waals surface area (Å²) in [5.74, 6) is -0.615. The maximum Gasteiger partial charge on any atom is 0.338 e. The number of carbonyl (C=O) groups is 1. The summed E-state index contributed by atoms with van der Waals surface area (Å²) in [6.07, 6.45) is 0. The molecular weight excluding hydrogens is 340 g/mol. The molecule has 1 aliphatic rings. The number of benzene rings is 2. The van der Waals surface area contributed by atoms with Crippen molar-refractivity contribution in [3.8, 4) is 0 Å². The maximum absolute atomic E-state index is 12.5. The molecule has 0 amide bonds. The molecule has 132 valence electrons. The van der Waals surface area contributed by atoms with Gasteiger partial charge in [0.1, 0.15) is 6.61 Å². The molecule has 5 nitrogen and oxygen atoms in total. The monoisotopic (exact) mass is 360 g/mol. The summed E-state index contributed by atoms with van der Waals surface area (Å²) in [5.41, 5.74) is 0.783. The number of carbonyl (C=O) groups excluding carboxylic acids is 1. The molecule has 1 aliphatic heterocycles. The van der Waals surface area contributed by atoms with Crippen molar-refractivity contribution < 1.29 is 22.7 Å². The Balaban J connectivity index is 1.70. The average Bonchev–Trinajstić information content (AvgIpc) is 2.58. The molecule has 2 aromatic carbocycles. The van der Waals surface area contributed by atoms with Crippen LogP contribution >= 0.6 is 0 Å². The fourth-order valence-corrected chi connectivity index (χ4v) is 3.93. The van der Waals surface area contributed by atoms with E-state index in [1.807, 2.05) is 6.92 Å². The first-order valence-corrected chi connectivity index (χ1v) is 9.65. The predicted molar refractivity (Wildman–Crippen MR) is 93.0 cm³/mol. The molecule has 0 atom stereocenters. The van der Waals surface area contributed by atoms with Crippen molar-refractivity contribution in [1.29, 1.82) is 0 Å². The third-order valence-electron chi connectivity index (χ3n) is 4.07. The number of hydrogen-bond acceptors (Lipinski definition) is 5. The third-order valence-corrected chi connectivity index (χ3v) is 5.78. The highest BCUT2D eigenvalue weighted by Crippen LogP contribution is 2.27. The zero-order valence-corrected chi connectivity index (χ0v) is 14.8. The first-order chi connectivity index (χ1) is 11.9. The van der Waals surface area contributed by atoms with Gasteiger partial charge in [-0.2, -0.15) is 0 Å². The summed E-state index contributed by atoms with van der Waals surface area (Å²) in [6.45, 7) is 3.44. The van der Waals surface area contributed by atoms with Gasteiger partial charge in [0.25, 0.3) is 0 Å². The Bertz CT molecular complexity index is 854. The van der Waals surface area contributed by atoms with E-state index >= 15 is 0 Å². The van der Waals surface area contributed by atoms with Crippen molar-refractivity contribution in [2.75, 3.05) is 19.8 Å². The van der Waals surface area contributed by atoms with Crippen molar-refractivity contribution in [2.45, 2.75) is 17.6 Å². The lowest BCUT2D eigenvalue weighted by Crippen LogP contribution is -2.44. The van der Waals surface area contributed by atoms with Crippen LogP contribution < -0.4 is 0 Å². The van der Waals surface area contributed by atoms with Gasteiger partial charge in [-0.3, -0.25) is 0 Å². The van der Waals surface area contributed by atoms with Gasteiger partial charge >= 0.3 is 5.97 Å². The van der Waals surface area contributed by atoms with Crippen LogP contribution in [0.5, 0.6) is 0 Å². The number of rotatable bonds is 6. The summed E-state index contributed by atoms with van der Waals surface area (Å²) >= 11 is 0.